The minimum atomic E-state index is -0.511. The molecule has 0 aliphatic heterocycles. The number of hydrogen-bond acceptors (Lipinski definition) is 4. The first-order valence-electron chi connectivity index (χ1n) is 6.98. The summed E-state index contributed by atoms with van der Waals surface area (Å²) in [4.78, 5) is 27.2. The molecule has 0 aliphatic carbocycles. The van der Waals surface area contributed by atoms with E-state index in [1.165, 1.54) is 6.21 Å². The molecule has 2 aromatic rings. The Hall–Kier alpha value is -3.22. The Bertz CT molecular complexity index is 683. The number of rotatable bonds is 5. The molecule has 7 heteroatoms. The molecule has 0 radical (unpaired) electrons. The Morgan fingerprint density at radius 3 is 2.65 bits per heavy atom. The summed E-state index contributed by atoms with van der Waals surface area (Å²) in [5, 5.41) is 8.75. The quantitative estimate of drug-likeness (QED) is 0.579. The third-order valence-electron chi connectivity index (χ3n) is 2.76. The van der Waals surface area contributed by atoms with E-state index in [1.807, 2.05) is 43.3 Å². The number of anilines is 1. The van der Waals surface area contributed by atoms with Gasteiger partial charge in [0.2, 0.25) is 0 Å². The maximum absolute atomic E-state index is 11.6. The number of urea groups is 1. The van der Waals surface area contributed by atoms with Gasteiger partial charge in [-0.25, -0.2) is 15.2 Å². The molecule has 1 aromatic carbocycles. The standard InChI is InChI=1S/C16H17N5O2/c1-12-7-8-14(17-9-12)20-16(23)18-11-15(22)21-19-10-13-5-3-2-4-6-13/h2-10H,11H2,1H3,(H,21,22)(H2,17,18,20,23)/b19-10-. The molecular formula is C16H17N5O2. The zero-order valence-electron chi connectivity index (χ0n) is 12.6. The highest BCUT2D eigenvalue weighted by Gasteiger charge is 2.05. The molecule has 0 atom stereocenters. The van der Waals surface area contributed by atoms with Crippen LogP contribution in [0.25, 0.3) is 0 Å². The van der Waals surface area contributed by atoms with E-state index in [-0.39, 0.29) is 6.54 Å². The molecule has 118 valence electrons. The van der Waals surface area contributed by atoms with Crippen molar-refractivity contribution in [3.05, 3.63) is 59.8 Å². The maximum atomic E-state index is 11.6. The summed E-state index contributed by atoms with van der Waals surface area (Å²) in [7, 11) is 0. The molecule has 7 nitrogen and oxygen atoms in total. The van der Waals surface area contributed by atoms with Crippen LogP contribution in [-0.4, -0.2) is 29.7 Å². The van der Waals surface area contributed by atoms with Gasteiger partial charge < -0.3 is 5.32 Å². The Morgan fingerprint density at radius 2 is 1.96 bits per heavy atom. The minimum Gasteiger partial charge on any atom is -0.329 e. The smallest absolute Gasteiger partial charge is 0.320 e. The van der Waals surface area contributed by atoms with Crippen molar-refractivity contribution in [1.82, 2.24) is 15.7 Å². The summed E-state index contributed by atoms with van der Waals surface area (Å²) in [5.41, 5.74) is 4.19. The van der Waals surface area contributed by atoms with Crippen LogP contribution in [0.4, 0.5) is 10.6 Å². The molecule has 0 spiro atoms. The van der Waals surface area contributed by atoms with Crippen LogP contribution in [0.5, 0.6) is 0 Å². The second kappa shape index (κ2) is 8.28. The fourth-order valence-electron chi connectivity index (χ4n) is 1.62. The van der Waals surface area contributed by atoms with Crippen LogP contribution in [-0.2, 0) is 4.79 Å². The Labute approximate surface area is 133 Å². The zero-order valence-corrected chi connectivity index (χ0v) is 12.6. The van der Waals surface area contributed by atoms with E-state index in [9.17, 15) is 9.59 Å². The van der Waals surface area contributed by atoms with E-state index < -0.39 is 11.9 Å². The number of carbonyl (C=O) groups is 2. The fraction of sp³-hybridized carbons (Fsp3) is 0.125. The molecule has 0 fully saturated rings. The van der Waals surface area contributed by atoms with Gasteiger partial charge in [-0.2, -0.15) is 5.10 Å². The molecule has 0 unspecified atom stereocenters. The SMILES string of the molecule is Cc1ccc(NC(=O)NCC(=O)N/N=C\c2ccccc2)nc1. The minimum absolute atomic E-state index is 0.191. The van der Waals surface area contributed by atoms with E-state index in [4.69, 9.17) is 0 Å². The van der Waals surface area contributed by atoms with E-state index >= 15 is 0 Å². The Balaban J connectivity index is 1.70. The first kappa shape index (κ1) is 16.2. The molecule has 0 aliphatic rings. The Kier molecular flexibility index (Phi) is 5.81. The molecule has 0 saturated carbocycles. The average molecular weight is 311 g/mol. The predicted molar refractivity (Wildman–Crippen MR) is 88.2 cm³/mol. The van der Waals surface area contributed by atoms with Crippen molar-refractivity contribution in [2.45, 2.75) is 6.92 Å². The molecule has 0 bridgehead atoms. The summed E-state index contributed by atoms with van der Waals surface area (Å²) < 4.78 is 0. The summed E-state index contributed by atoms with van der Waals surface area (Å²) >= 11 is 0. The van der Waals surface area contributed by atoms with Crippen molar-refractivity contribution in [1.29, 1.82) is 0 Å². The van der Waals surface area contributed by atoms with Crippen LogP contribution in [0.1, 0.15) is 11.1 Å². The molecule has 2 rings (SSSR count). The number of benzene rings is 1. The number of hydrazone groups is 1. The van der Waals surface area contributed by atoms with Gasteiger partial charge in [-0.15, -0.1) is 0 Å². The fourth-order valence-corrected chi connectivity index (χ4v) is 1.62. The van der Waals surface area contributed by atoms with Crippen molar-refractivity contribution < 1.29 is 9.59 Å². The highest BCUT2D eigenvalue weighted by Crippen LogP contribution is 2.02. The van der Waals surface area contributed by atoms with Gasteiger partial charge >= 0.3 is 6.03 Å². The third kappa shape index (κ3) is 5.96. The highest BCUT2D eigenvalue weighted by molar-refractivity contribution is 5.91. The van der Waals surface area contributed by atoms with Gasteiger partial charge in [0.25, 0.3) is 5.91 Å². The van der Waals surface area contributed by atoms with Crippen LogP contribution < -0.4 is 16.1 Å². The second-order valence-electron chi connectivity index (χ2n) is 4.73. The van der Waals surface area contributed by atoms with Crippen molar-refractivity contribution in [2.24, 2.45) is 5.10 Å². The van der Waals surface area contributed by atoms with Gasteiger partial charge in [0.05, 0.1) is 6.21 Å². The van der Waals surface area contributed by atoms with Crippen molar-refractivity contribution in [2.75, 3.05) is 11.9 Å². The van der Waals surface area contributed by atoms with Crippen molar-refractivity contribution in [3.63, 3.8) is 0 Å². The van der Waals surface area contributed by atoms with E-state index in [0.717, 1.165) is 11.1 Å². The van der Waals surface area contributed by atoms with Crippen LogP contribution >= 0.6 is 0 Å². The van der Waals surface area contributed by atoms with Crippen molar-refractivity contribution >= 4 is 24.0 Å². The lowest BCUT2D eigenvalue weighted by atomic mass is 10.2. The van der Waals surface area contributed by atoms with Crippen LogP contribution in [0.2, 0.25) is 0 Å². The third-order valence-corrected chi connectivity index (χ3v) is 2.76. The van der Waals surface area contributed by atoms with Gasteiger partial charge in [-0.3, -0.25) is 10.1 Å². The van der Waals surface area contributed by atoms with Gasteiger partial charge in [0.15, 0.2) is 0 Å². The molecule has 3 amide bonds. The summed E-state index contributed by atoms with van der Waals surface area (Å²) in [6.45, 7) is 1.71. The highest BCUT2D eigenvalue weighted by atomic mass is 16.2. The van der Waals surface area contributed by atoms with E-state index in [2.05, 4.69) is 26.1 Å². The largest absolute Gasteiger partial charge is 0.329 e. The van der Waals surface area contributed by atoms with Crippen LogP contribution in [0.3, 0.4) is 0 Å². The van der Waals surface area contributed by atoms with Crippen molar-refractivity contribution in [3.8, 4) is 0 Å². The lowest BCUT2D eigenvalue weighted by molar-refractivity contribution is -0.120. The van der Waals surface area contributed by atoms with E-state index in [0.29, 0.717) is 5.82 Å². The number of amides is 3. The predicted octanol–water partition coefficient (Wildman–Crippen LogP) is 1.66. The number of pyridine rings is 1. The monoisotopic (exact) mass is 311 g/mol. The normalized spacial score (nSPS) is 10.3. The second-order valence-corrected chi connectivity index (χ2v) is 4.73. The van der Waals surface area contributed by atoms with Gasteiger partial charge in [0, 0.05) is 6.20 Å². The van der Waals surface area contributed by atoms with Gasteiger partial charge in [0.1, 0.15) is 12.4 Å². The number of aryl methyl sites for hydroxylation is 1. The molecular weight excluding hydrogens is 294 g/mol. The topological polar surface area (TPSA) is 95.5 Å². The van der Waals surface area contributed by atoms with Crippen LogP contribution in [0, 0.1) is 6.92 Å². The lowest BCUT2D eigenvalue weighted by Crippen LogP contribution is -2.37. The maximum Gasteiger partial charge on any atom is 0.320 e. The molecule has 1 heterocycles. The van der Waals surface area contributed by atoms with Crippen LogP contribution in [0.15, 0.2) is 53.8 Å². The van der Waals surface area contributed by atoms with Gasteiger partial charge in [-0.05, 0) is 24.1 Å². The van der Waals surface area contributed by atoms with E-state index in [1.54, 1.807) is 12.3 Å². The number of nitrogens with zero attached hydrogens (tertiary/aromatic N) is 2. The number of hydrogen-bond donors (Lipinski definition) is 3. The first-order valence-corrected chi connectivity index (χ1v) is 6.98. The average Bonchev–Trinajstić information content (AvgIpc) is 2.56. The number of nitrogens with one attached hydrogen (secondary N) is 3. The summed E-state index contributed by atoms with van der Waals surface area (Å²) in [6.07, 6.45) is 3.16. The molecule has 1 aromatic heterocycles. The molecule has 23 heavy (non-hydrogen) atoms. The molecule has 3 N–H and O–H groups in total. The zero-order chi connectivity index (χ0) is 16.5. The number of aromatic nitrogens is 1. The lowest BCUT2D eigenvalue weighted by Gasteiger charge is -2.06. The van der Waals surface area contributed by atoms with Gasteiger partial charge in [-0.1, -0.05) is 36.4 Å². The number of carbonyl (C=O) groups excluding carboxylic acids is 2. The Morgan fingerprint density at radius 1 is 1.17 bits per heavy atom. The molecule has 0 saturated heterocycles. The first-order chi connectivity index (χ1) is 11.1. The summed E-state index contributed by atoms with van der Waals surface area (Å²) in [5.74, 6) is -0.0141. The summed E-state index contributed by atoms with van der Waals surface area (Å²) in [6, 6.07) is 12.3.